The third-order valence-corrected chi connectivity index (χ3v) is 4.19. The molecule has 2 heterocycles. The van der Waals surface area contributed by atoms with Crippen LogP contribution in [0.3, 0.4) is 0 Å². The van der Waals surface area contributed by atoms with E-state index in [1.54, 1.807) is 0 Å². The zero-order valence-electron chi connectivity index (χ0n) is 13.5. The molecule has 0 amide bonds. The Bertz CT molecular complexity index is 458. The number of rotatable bonds is 5. The molecule has 0 aliphatic carbocycles. The molecule has 1 saturated heterocycles. The molecule has 1 unspecified atom stereocenters. The van der Waals surface area contributed by atoms with Gasteiger partial charge in [0.15, 0.2) is 0 Å². The van der Waals surface area contributed by atoms with Crippen molar-refractivity contribution >= 4 is 5.82 Å². The minimum atomic E-state index is 0.759. The molecule has 1 fully saturated rings. The molecule has 20 heavy (non-hydrogen) atoms. The normalized spacial score (nSPS) is 19.6. The Kier molecular flexibility index (Phi) is 5.00. The van der Waals surface area contributed by atoms with Gasteiger partial charge in [0.1, 0.15) is 5.82 Å². The SMILES string of the molecule is CNCc1c(C)cc(C)nc1N(C)CC1CCN(C)C1. The third kappa shape index (κ3) is 3.49. The minimum absolute atomic E-state index is 0.759. The van der Waals surface area contributed by atoms with Gasteiger partial charge in [0.05, 0.1) is 0 Å². The van der Waals surface area contributed by atoms with Crippen LogP contribution in [-0.2, 0) is 6.54 Å². The molecule has 1 N–H and O–H groups in total. The molecule has 4 heteroatoms. The van der Waals surface area contributed by atoms with Gasteiger partial charge in [-0.3, -0.25) is 0 Å². The molecule has 1 aliphatic rings. The van der Waals surface area contributed by atoms with Gasteiger partial charge in [-0.25, -0.2) is 4.98 Å². The highest BCUT2D eigenvalue weighted by Gasteiger charge is 2.22. The van der Waals surface area contributed by atoms with E-state index < -0.39 is 0 Å². The summed E-state index contributed by atoms with van der Waals surface area (Å²) in [7, 11) is 6.38. The summed E-state index contributed by atoms with van der Waals surface area (Å²) >= 11 is 0. The third-order valence-electron chi connectivity index (χ3n) is 4.19. The lowest BCUT2D eigenvalue weighted by Crippen LogP contribution is -2.29. The van der Waals surface area contributed by atoms with Crippen molar-refractivity contribution in [1.29, 1.82) is 0 Å². The van der Waals surface area contributed by atoms with Gasteiger partial charge in [0.2, 0.25) is 0 Å². The number of aryl methyl sites for hydroxylation is 2. The molecule has 0 saturated carbocycles. The van der Waals surface area contributed by atoms with Crippen LogP contribution in [0.5, 0.6) is 0 Å². The van der Waals surface area contributed by atoms with Crippen molar-refractivity contribution in [3.8, 4) is 0 Å². The molecule has 0 radical (unpaired) electrons. The fourth-order valence-electron chi connectivity index (χ4n) is 3.20. The quantitative estimate of drug-likeness (QED) is 0.889. The second-order valence-corrected chi connectivity index (χ2v) is 6.21. The maximum absolute atomic E-state index is 4.79. The first-order chi connectivity index (χ1) is 9.51. The first-order valence-electron chi connectivity index (χ1n) is 7.52. The Labute approximate surface area is 123 Å². The van der Waals surface area contributed by atoms with E-state index in [1.165, 1.54) is 30.6 Å². The smallest absolute Gasteiger partial charge is 0.133 e. The zero-order valence-corrected chi connectivity index (χ0v) is 13.5. The van der Waals surface area contributed by atoms with Crippen molar-refractivity contribution in [1.82, 2.24) is 15.2 Å². The first-order valence-corrected chi connectivity index (χ1v) is 7.52. The molecular formula is C16H28N4. The van der Waals surface area contributed by atoms with Crippen molar-refractivity contribution in [2.45, 2.75) is 26.8 Å². The average molecular weight is 276 g/mol. The van der Waals surface area contributed by atoms with Crippen LogP contribution in [0.1, 0.15) is 23.2 Å². The number of likely N-dealkylation sites (tertiary alicyclic amines) is 1. The Balaban J connectivity index is 2.17. The van der Waals surface area contributed by atoms with E-state index >= 15 is 0 Å². The highest BCUT2D eigenvalue weighted by molar-refractivity contribution is 5.51. The molecular weight excluding hydrogens is 248 g/mol. The summed E-state index contributed by atoms with van der Waals surface area (Å²) in [6.07, 6.45) is 1.30. The molecule has 0 spiro atoms. The fraction of sp³-hybridized carbons (Fsp3) is 0.688. The van der Waals surface area contributed by atoms with Gasteiger partial charge in [-0.15, -0.1) is 0 Å². The number of hydrogen-bond acceptors (Lipinski definition) is 4. The number of nitrogens with one attached hydrogen (secondary N) is 1. The van der Waals surface area contributed by atoms with Gasteiger partial charge in [-0.05, 0) is 58.5 Å². The molecule has 4 nitrogen and oxygen atoms in total. The standard InChI is InChI=1S/C16H28N4/c1-12-8-13(2)18-16(15(12)9-17-3)20(5)11-14-6-7-19(4)10-14/h8,14,17H,6-7,9-11H2,1-5H3. The summed E-state index contributed by atoms with van der Waals surface area (Å²) in [6, 6.07) is 2.17. The lowest BCUT2D eigenvalue weighted by Gasteiger charge is -2.26. The second-order valence-electron chi connectivity index (χ2n) is 6.21. The molecule has 1 aromatic heterocycles. The van der Waals surface area contributed by atoms with E-state index in [1.807, 2.05) is 7.05 Å². The summed E-state index contributed by atoms with van der Waals surface area (Å²) in [4.78, 5) is 9.55. The van der Waals surface area contributed by atoms with Crippen molar-refractivity contribution in [2.75, 3.05) is 45.7 Å². The summed E-state index contributed by atoms with van der Waals surface area (Å²) in [5, 5.41) is 3.27. The maximum Gasteiger partial charge on any atom is 0.133 e. The van der Waals surface area contributed by atoms with Gasteiger partial charge in [-0.2, -0.15) is 0 Å². The van der Waals surface area contributed by atoms with E-state index in [-0.39, 0.29) is 0 Å². The largest absolute Gasteiger partial charge is 0.359 e. The monoisotopic (exact) mass is 276 g/mol. The predicted octanol–water partition coefficient (Wildman–Crippen LogP) is 1.81. The van der Waals surface area contributed by atoms with Crippen LogP contribution in [0.4, 0.5) is 5.82 Å². The molecule has 2 rings (SSSR count). The molecule has 1 atom stereocenters. The average Bonchev–Trinajstić information content (AvgIpc) is 2.77. The summed E-state index contributed by atoms with van der Waals surface area (Å²) < 4.78 is 0. The molecule has 112 valence electrons. The molecule has 1 aromatic rings. The number of hydrogen-bond donors (Lipinski definition) is 1. The number of aromatic nitrogens is 1. The van der Waals surface area contributed by atoms with Crippen LogP contribution in [0.25, 0.3) is 0 Å². The summed E-state index contributed by atoms with van der Waals surface area (Å²) in [6.45, 7) is 8.66. The van der Waals surface area contributed by atoms with Gasteiger partial charge in [0, 0.05) is 37.9 Å². The van der Waals surface area contributed by atoms with Gasteiger partial charge in [0.25, 0.3) is 0 Å². The number of nitrogens with zero attached hydrogens (tertiary/aromatic N) is 3. The van der Waals surface area contributed by atoms with Crippen LogP contribution in [0, 0.1) is 19.8 Å². The summed E-state index contributed by atoms with van der Waals surface area (Å²) in [5.74, 6) is 1.90. The van der Waals surface area contributed by atoms with Crippen molar-refractivity contribution in [3.63, 3.8) is 0 Å². The summed E-state index contributed by atoms with van der Waals surface area (Å²) in [5.41, 5.74) is 3.76. The van der Waals surface area contributed by atoms with Gasteiger partial charge >= 0.3 is 0 Å². The van der Waals surface area contributed by atoms with E-state index in [0.29, 0.717) is 0 Å². The Morgan fingerprint density at radius 1 is 1.45 bits per heavy atom. The van der Waals surface area contributed by atoms with Crippen LogP contribution in [-0.4, -0.2) is 50.7 Å². The first kappa shape index (κ1) is 15.3. The lowest BCUT2D eigenvalue weighted by molar-refractivity contribution is 0.395. The zero-order chi connectivity index (χ0) is 14.7. The van der Waals surface area contributed by atoms with E-state index in [4.69, 9.17) is 4.98 Å². The molecule has 1 aliphatic heterocycles. The van der Waals surface area contributed by atoms with Gasteiger partial charge < -0.3 is 15.1 Å². The number of anilines is 1. The Morgan fingerprint density at radius 3 is 2.80 bits per heavy atom. The second kappa shape index (κ2) is 6.55. The number of pyridine rings is 1. The fourth-order valence-corrected chi connectivity index (χ4v) is 3.20. The van der Waals surface area contributed by atoms with Crippen molar-refractivity contribution < 1.29 is 0 Å². The van der Waals surface area contributed by atoms with E-state index in [9.17, 15) is 0 Å². The van der Waals surface area contributed by atoms with Crippen molar-refractivity contribution in [3.05, 3.63) is 22.9 Å². The molecule has 0 aromatic carbocycles. The van der Waals surface area contributed by atoms with Crippen LogP contribution in [0.15, 0.2) is 6.07 Å². The van der Waals surface area contributed by atoms with E-state index in [0.717, 1.165) is 30.5 Å². The maximum atomic E-state index is 4.79. The highest BCUT2D eigenvalue weighted by atomic mass is 15.2. The Hall–Kier alpha value is -1.13. The van der Waals surface area contributed by atoms with E-state index in [2.05, 4.69) is 49.1 Å². The van der Waals surface area contributed by atoms with Gasteiger partial charge in [-0.1, -0.05) is 0 Å². The van der Waals surface area contributed by atoms with Crippen LogP contribution < -0.4 is 10.2 Å². The highest BCUT2D eigenvalue weighted by Crippen LogP contribution is 2.24. The predicted molar refractivity (Wildman–Crippen MR) is 85.3 cm³/mol. The Morgan fingerprint density at radius 2 is 2.20 bits per heavy atom. The van der Waals surface area contributed by atoms with Crippen molar-refractivity contribution in [2.24, 2.45) is 5.92 Å². The minimum Gasteiger partial charge on any atom is -0.359 e. The van der Waals surface area contributed by atoms with Crippen LogP contribution >= 0.6 is 0 Å². The topological polar surface area (TPSA) is 31.4 Å². The molecule has 0 bridgehead atoms. The van der Waals surface area contributed by atoms with Crippen LogP contribution in [0.2, 0.25) is 0 Å². The lowest BCUT2D eigenvalue weighted by atomic mass is 10.1.